The van der Waals surface area contributed by atoms with Gasteiger partial charge in [-0.25, -0.2) is 0 Å². The maximum atomic E-state index is 13.6. The van der Waals surface area contributed by atoms with Crippen LogP contribution in [0.5, 0.6) is 0 Å². The van der Waals surface area contributed by atoms with Gasteiger partial charge in [0, 0.05) is 54.8 Å². The van der Waals surface area contributed by atoms with Gasteiger partial charge < -0.3 is 9.88 Å². The fraction of sp³-hybridized carbons (Fsp3) is 0.290. The normalized spacial score (nSPS) is 16.6. The van der Waals surface area contributed by atoms with Gasteiger partial charge in [0.25, 0.3) is 5.91 Å². The summed E-state index contributed by atoms with van der Waals surface area (Å²) < 4.78 is 81.1. The van der Waals surface area contributed by atoms with Crippen molar-refractivity contribution in [3.05, 3.63) is 107 Å². The summed E-state index contributed by atoms with van der Waals surface area (Å²) in [5, 5.41) is 0.889. The third-order valence-electron chi connectivity index (χ3n) is 7.44. The van der Waals surface area contributed by atoms with Crippen molar-refractivity contribution in [2.75, 3.05) is 26.2 Å². The van der Waals surface area contributed by atoms with Crippen LogP contribution < -0.4 is 0 Å². The van der Waals surface area contributed by atoms with E-state index in [0.29, 0.717) is 12.1 Å². The van der Waals surface area contributed by atoms with E-state index in [9.17, 15) is 35.9 Å². The van der Waals surface area contributed by atoms with E-state index in [-0.39, 0.29) is 50.9 Å². The van der Waals surface area contributed by atoms with E-state index < -0.39 is 41.0 Å². The highest BCUT2D eigenvalue weighted by Crippen LogP contribution is 2.37. The number of nitrogens with one attached hydrogen (secondary N) is 1. The first-order valence-corrected chi connectivity index (χ1v) is 13.3. The number of Topliss-reactive ketones (excluding diaryl/α,β-unsaturated/α-hetero) is 1. The molecule has 5 rings (SSSR count). The van der Waals surface area contributed by atoms with Crippen LogP contribution >= 0.6 is 0 Å². The summed E-state index contributed by atoms with van der Waals surface area (Å²) in [6.45, 7) is 0.587. The number of ketones is 1. The van der Waals surface area contributed by atoms with E-state index in [1.165, 1.54) is 4.90 Å². The van der Waals surface area contributed by atoms with E-state index in [1.807, 2.05) is 59.5 Å². The molecule has 1 saturated heterocycles. The van der Waals surface area contributed by atoms with Crippen LogP contribution in [-0.4, -0.2) is 58.7 Å². The van der Waals surface area contributed by atoms with E-state index >= 15 is 0 Å². The lowest BCUT2D eigenvalue weighted by molar-refractivity contribution is -0.143. The number of piperazine rings is 1. The van der Waals surface area contributed by atoms with Gasteiger partial charge in [-0.1, -0.05) is 48.5 Å². The molecule has 3 aromatic carbocycles. The van der Waals surface area contributed by atoms with Crippen LogP contribution in [0.2, 0.25) is 0 Å². The van der Waals surface area contributed by atoms with Gasteiger partial charge in [0.2, 0.25) is 0 Å². The lowest BCUT2D eigenvalue weighted by Gasteiger charge is -2.41. The van der Waals surface area contributed by atoms with Crippen LogP contribution in [-0.2, 0) is 30.0 Å². The molecule has 2 heterocycles. The number of para-hydroxylation sites is 1. The highest BCUT2D eigenvalue weighted by atomic mass is 19.4. The Morgan fingerprint density at radius 3 is 2.14 bits per heavy atom. The largest absolute Gasteiger partial charge is 0.416 e. The molecule has 0 spiro atoms. The predicted octanol–water partition coefficient (Wildman–Crippen LogP) is 6.39. The number of benzene rings is 3. The molecule has 0 bridgehead atoms. The summed E-state index contributed by atoms with van der Waals surface area (Å²) in [4.78, 5) is 32.8. The smallest absolute Gasteiger partial charge is 0.361 e. The van der Waals surface area contributed by atoms with Crippen molar-refractivity contribution < 1.29 is 35.9 Å². The minimum Gasteiger partial charge on any atom is -0.361 e. The third-order valence-corrected chi connectivity index (χ3v) is 7.44. The van der Waals surface area contributed by atoms with E-state index in [4.69, 9.17) is 0 Å². The van der Waals surface area contributed by atoms with Crippen molar-refractivity contribution in [2.24, 2.45) is 0 Å². The number of nitrogens with zero attached hydrogens (tertiary/aromatic N) is 2. The molecule has 5 nitrogen and oxygen atoms in total. The number of carbonyl (C=O) groups excluding carboxylic acids is 2. The van der Waals surface area contributed by atoms with Gasteiger partial charge in [-0.05, 0) is 41.8 Å². The summed E-state index contributed by atoms with van der Waals surface area (Å²) in [7, 11) is 0. The zero-order valence-electron chi connectivity index (χ0n) is 22.3. The van der Waals surface area contributed by atoms with Gasteiger partial charge in [-0.15, -0.1) is 0 Å². The molecule has 1 atom stereocenters. The average Bonchev–Trinajstić information content (AvgIpc) is 3.35. The molecule has 0 aliphatic carbocycles. The predicted molar refractivity (Wildman–Crippen MR) is 145 cm³/mol. The second-order valence-electron chi connectivity index (χ2n) is 10.4. The zero-order valence-corrected chi connectivity index (χ0v) is 22.3. The van der Waals surface area contributed by atoms with E-state index in [0.717, 1.165) is 22.0 Å². The molecule has 0 unspecified atom stereocenters. The molecule has 1 amide bonds. The van der Waals surface area contributed by atoms with Gasteiger partial charge >= 0.3 is 12.4 Å². The number of alkyl halides is 6. The number of hydrogen-bond donors (Lipinski definition) is 1. The van der Waals surface area contributed by atoms with E-state index in [1.54, 1.807) is 6.20 Å². The minimum absolute atomic E-state index is 0.0104. The highest BCUT2D eigenvalue weighted by Gasteiger charge is 2.39. The Morgan fingerprint density at radius 1 is 0.833 bits per heavy atom. The number of rotatable bonds is 7. The van der Waals surface area contributed by atoms with Crippen molar-refractivity contribution >= 4 is 22.6 Å². The van der Waals surface area contributed by atoms with Crippen LogP contribution in [0.1, 0.15) is 32.6 Å². The van der Waals surface area contributed by atoms with Crippen LogP contribution in [0.25, 0.3) is 10.9 Å². The summed E-state index contributed by atoms with van der Waals surface area (Å²) >= 11 is 0. The molecule has 0 saturated carbocycles. The zero-order chi connectivity index (χ0) is 30.1. The fourth-order valence-electron chi connectivity index (χ4n) is 5.43. The summed E-state index contributed by atoms with van der Waals surface area (Å²) in [5.74, 6) is -0.966. The maximum Gasteiger partial charge on any atom is 0.416 e. The third kappa shape index (κ3) is 6.67. The SMILES string of the molecule is O=C(Cc1ccccc1)CN1CCN(C(=O)c2cc(C(F)(F)F)cc(C(F)(F)F)c2)[C@H](Cc2c[nH]c3ccccc23)C1. The topological polar surface area (TPSA) is 56.4 Å². The van der Waals surface area contributed by atoms with Gasteiger partial charge in [0.05, 0.1) is 17.7 Å². The van der Waals surface area contributed by atoms with Crippen molar-refractivity contribution in [3.8, 4) is 0 Å². The number of H-pyrrole nitrogens is 1. The Kier molecular flexibility index (Phi) is 8.14. The van der Waals surface area contributed by atoms with Gasteiger partial charge in [-0.2, -0.15) is 26.3 Å². The van der Waals surface area contributed by atoms with Crippen molar-refractivity contribution in [3.63, 3.8) is 0 Å². The Balaban J connectivity index is 1.43. The number of amides is 1. The molecule has 0 radical (unpaired) electrons. The minimum atomic E-state index is -5.07. The van der Waals surface area contributed by atoms with Crippen molar-refractivity contribution in [1.82, 2.24) is 14.8 Å². The summed E-state index contributed by atoms with van der Waals surface area (Å²) in [6, 6.07) is 17.0. The Morgan fingerprint density at radius 2 is 1.48 bits per heavy atom. The fourth-order valence-corrected chi connectivity index (χ4v) is 5.43. The van der Waals surface area contributed by atoms with Gasteiger partial charge in [0.15, 0.2) is 5.78 Å². The number of halogens is 6. The molecule has 4 aromatic rings. The summed E-state index contributed by atoms with van der Waals surface area (Å²) in [6.07, 6.45) is -7.87. The van der Waals surface area contributed by atoms with Crippen molar-refractivity contribution in [1.29, 1.82) is 0 Å². The van der Waals surface area contributed by atoms with Gasteiger partial charge in [-0.3, -0.25) is 14.5 Å². The Labute approximate surface area is 237 Å². The molecule has 1 aliphatic rings. The highest BCUT2D eigenvalue weighted by molar-refractivity contribution is 5.95. The summed E-state index contributed by atoms with van der Waals surface area (Å²) in [5.41, 5.74) is -1.22. The van der Waals surface area contributed by atoms with Gasteiger partial charge in [0.1, 0.15) is 0 Å². The quantitative estimate of drug-likeness (QED) is 0.255. The first kappa shape index (κ1) is 29.4. The number of carbonyl (C=O) groups is 2. The van der Waals surface area contributed by atoms with E-state index in [2.05, 4.69) is 4.98 Å². The molecule has 42 heavy (non-hydrogen) atoms. The lowest BCUT2D eigenvalue weighted by Crippen LogP contribution is -2.56. The number of hydrogen-bond acceptors (Lipinski definition) is 3. The lowest BCUT2D eigenvalue weighted by atomic mass is 9.98. The van der Waals surface area contributed by atoms with Crippen molar-refractivity contribution in [2.45, 2.75) is 31.2 Å². The average molecular weight is 588 g/mol. The maximum absolute atomic E-state index is 13.6. The monoisotopic (exact) mass is 587 g/mol. The van der Waals surface area contributed by atoms with Crippen LogP contribution in [0.3, 0.4) is 0 Å². The molecular weight excluding hydrogens is 560 g/mol. The number of aromatic nitrogens is 1. The molecular formula is C31H27F6N3O2. The molecule has 1 aliphatic heterocycles. The van der Waals surface area contributed by atoms with Crippen LogP contribution in [0.4, 0.5) is 26.3 Å². The first-order valence-electron chi connectivity index (χ1n) is 13.3. The molecule has 1 fully saturated rings. The number of aromatic amines is 1. The number of fused-ring (bicyclic) bond motifs is 1. The van der Waals surface area contributed by atoms with Crippen LogP contribution in [0, 0.1) is 0 Å². The standard InChI is InChI=1S/C31H27F6N3O2/c32-30(33,34)23-13-21(14-24(16-23)31(35,36)37)29(42)40-11-10-39(19-26(41)12-20-6-2-1-3-7-20)18-25(40)15-22-17-38-28-9-5-4-8-27(22)28/h1-9,13-14,16-17,25,38H,10-12,15,18-19H2/t25-/m1/s1. The van der Waals surface area contributed by atoms with Crippen LogP contribution in [0.15, 0.2) is 79.0 Å². The molecule has 11 heteroatoms. The second kappa shape index (κ2) is 11.6. The molecule has 1 N–H and O–H groups in total. The Hall–Kier alpha value is -4.12. The second-order valence-corrected chi connectivity index (χ2v) is 10.4. The molecule has 1 aromatic heterocycles. The first-order chi connectivity index (χ1) is 19.9. The molecule has 220 valence electrons. The Bertz CT molecular complexity index is 1550.